The van der Waals surface area contributed by atoms with Crippen molar-refractivity contribution < 1.29 is 9.72 Å². The lowest BCUT2D eigenvalue weighted by Crippen LogP contribution is -2.19. The molecule has 0 aliphatic heterocycles. The average molecular weight is 307 g/mol. The van der Waals surface area contributed by atoms with Gasteiger partial charge in [0, 0.05) is 12.1 Å². The minimum Gasteiger partial charge on any atom is -0.309 e. The first-order chi connectivity index (χ1) is 9.97. The van der Waals surface area contributed by atoms with Crippen molar-refractivity contribution in [2.24, 2.45) is 0 Å². The highest BCUT2D eigenvalue weighted by Crippen LogP contribution is 2.22. The van der Waals surface area contributed by atoms with E-state index in [1.54, 1.807) is 13.0 Å². The number of hydrogen-bond acceptors (Lipinski definition) is 5. The largest absolute Gasteiger partial charge is 0.309 e. The number of anilines is 1. The predicted octanol–water partition coefficient (Wildman–Crippen LogP) is 2.78. The van der Waals surface area contributed by atoms with E-state index in [4.69, 9.17) is 11.6 Å². The molecule has 0 aliphatic rings. The van der Waals surface area contributed by atoms with Crippen molar-refractivity contribution in [2.45, 2.75) is 12.8 Å². The van der Waals surface area contributed by atoms with Crippen molar-refractivity contribution in [1.82, 2.24) is 9.97 Å². The summed E-state index contributed by atoms with van der Waals surface area (Å²) < 4.78 is 0. The van der Waals surface area contributed by atoms with E-state index >= 15 is 0 Å². The number of nitro groups is 1. The smallest absolute Gasteiger partial charge is 0.269 e. The highest BCUT2D eigenvalue weighted by Gasteiger charge is 2.18. The summed E-state index contributed by atoms with van der Waals surface area (Å²) in [4.78, 5) is 30.1. The fourth-order valence-corrected chi connectivity index (χ4v) is 1.84. The molecule has 1 amide bonds. The summed E-state index contributed by atoms with van der Waals surface area (Å²) in [5.74, 6) is -0.706. The van der Waals surface area contributed by atoms with Crippen LogP contribution in [0, 0.1) is 10.1 Å². The number of benzene rings is 1. The second kappa shape index (κ2) is 6.27. The Bertz CT molecular complexity index is 693. The lowest BCUT2D eigenvalue weighted by molar-refractivity contribution is -0.384. The van der Waals surface area contributed by atoms with Gasteiger partial charge in [-0.1, -0.05) is 23.7 Å². The molecular weight excluding hydrogens is 296 g/mol. The molecule has 108 valence electrons. The van der Waals surface area contributed by atoms with E-state index < -0.39 is 10.8 Å². The highest BCUT2D eigenvalue weighted by molar-refractivity contribution is 6.29. The summed E-state index contributed by atoms with van der Waals surface area (Å²) in [5, 5.41) is 13.5. The van der Waals surface area contributed by atoms with Gasteiger partial charge < -0.3 is 5.32 Å². The minimum atomic E-state index is -0.578. The van der Waals surface area contributed by atoms with Crippen LogP contribution >= 0.6 is 11.6 Å². The fourth-order valence-electron chi connectivity index (χ4n) is 1.70. The van der Waals surface area contributed by atoms with Gasteiger partial charge >= 0.3 is 0 Å². The molecule has 0 spiro atoms. The van der Waals surface area contributed by atoms with Gasteiger partial charge in [-0.15, -0.1) is 0 Å². The maximum Gasteiger partial charge on any atom is 0.269 e. The topological polar surface area (TPSA) is 98.0 Å². The molecule has 2 rings (SSSR count). The number of halogens is 1. The molecular formula is C13H11ClN4O3. The summed E-state index contributed by atoms with van der Waals surface area (Å²) in [6.45, 7) is 1.65. The first-order valence-corrected chi connectivity index (χ1v) is 6.38. The van der Waals surface area contributed by atoms with E-state index in [1.165, 1.54) is 30.6 Å². The molecule has 0 saturated carbocycles. The van der Waals surface area contributed by atoms with Crippen molar-refractivity contribution >= 4 is 29.0 Å². The van der Waals surface area contributed by atoms with E-state index in [9.17, 15) is 14.9 Å². The average Bonchev–Trinajstić information content (AvgIpc) is 2.46. The Morgan fingerprint density at radius 1 is 1.43 bits per heavy atom. The SMILES string of the molecule is CC(C(=O)Nc1cncc(Cl)n1)c1cccc([N+](=O)[O-])c1. The number of nitrogens with zero attached hydrogens (tertiary/aromatic N) is 3. The van der Waals surface area contributed by atoms with Gasteiger partial charge in [0.25, 0.3) is 5.69 Å². The second-order valence-electron chi connectivity index (χ2n) is 4.29. The molecule has 1 aromatic heterocycles. The summed E-state index contributed by atoms with van der Waals surface area (Å²) in [7, 11) is 0. The van der Waals surface area contributed by atoms with E-state index in [0.717, 1.165) is 0 Å². The van der Waals surface area contributed by atoms with Crippen molar-refractivity contribution in [3.05, 3.63) is 57.5 Å². The maximum absolute atomic E-state index is 12.1. The number of aromatic nitrogens is 2. The number of non-ortho nitro benzene ring substituents is 1. The standard InChI is InChI=1S/C13H11ClN4O3/c1-8(9-3-2-4-10(5-9)18(20)21)13(19)17-12-7-15-6-11(14)16-12/h2-8H,1H3,(H,16,17,19). The van der Waals surface area contributed by atoms with Crippen LogP contribution in [0.3, 0.4) is 0 Å². The Balaban J connectivity index is 2.15. The summed E-state index contributed by atoms with van der Waals surface area (Å²) in [6.07, 6.45) is 2.71. The summed E-state index contributed by atoms with van der Waals surface area (Å²) in [6, 6.07) is 5.93. The third-order valence-corrected chi connectivity index (χ3v) is 3.01. The van der Waals surface area contributed by atoms with Gasteiger partial charge in [-0.3, -0.25) is 19.9 Å². The first kappa shape index (κ1) is 14.9. The number of nitrogens with one attached hydrogen (secondary N) is 1. The summed E-state index contributed by atoms with van der Waals surface area (Å²) >= 11 is 5.68. The van der Waals surface area contributed by atoms with E-state index in [1.807, 2.05) is 0 Å². The van der Waals surface area contributed by atoms with E-state index in [2.05, 4.69) is 15.3 Å². The Morgan fingerprint density at radius 3 is 2.86 bits per heavy atom. The lowest BCUT2D eigenvalue weighted by atomic mass is 10.00. The number of carbonyl (C=O) groups is 1. The zero-order valence-corrected chi connectivity index (χ0v) is 11.7. The van der Waals surface area contributed by atoms with Gasteiger partial charge in [0.05, 0.1) is 23.2 Å². The lowest BCUT2D eigenvalue weighted by Gasteiger charge is -2.11. The monoisotopic (exact) mass is 306 g/mol. The third kappa shape index (κ3) is 3.73. The number of amides is 1. The van der Waals surface area contributed by atoms with Crippen molar-refractivity contribution in [1.29, 1.82) is 0 Å². The van der Waals surface area contributed by atoms with Crippen LogP contribution in [0.25, 0.3) is 0 Å². The third-order valence-electron chi connectivity index (χ3n) is 2.83. The predicted molar refractivity (Wildman–Crippen MR) is 77.2 cm³/mol. The van der Waals surface area contributed by atoms with Crippen LogP contribution in [0.5, 0.6) is 0 Å². The summed E-state index contributed by atoms with van der Waals surface area (Å²) in [5.41, 5.74) is 0.478. The normalized spacial score (nSPS) is 11.7. The van der Waals surface area contributed by atoms with Crippen LogP contribution in [-0.2, 0) is 4.79 Å². The first-order valence-electron chi connectivity index (χ1n) is 6.00. The molecule has 0 radical (unpaired) electrons. The zero-order valence-electron chi connectivity index (χ0n) is 11.0. The molecule has 8 heteroatoms. The van der Waals surface area contributed by atoms with Gasteiger partial charge in [0.1, 0.15) is 5.15 Å². The molecule has 1 atom stereocenters. The van der Waals surface area contributed by atoms with Gasteiger partial charge in [0.2, 0.25) is 5.91 Å². The van der Waals surface area contributed by atoms with Crippen molar-refractivity contribution in [3.63, 3.8) is 0 Å². The van der Waals surface area contributed by atoms with Crippen molar-refractivity contribution in [2.75, 3.05) is 5.32 Å². The molecule has 21 heavy (non-hydrogen) atoms. The number of rotatable bonds is 4. The Labute approximate surface area is 125 Å². The van der Waals surface area contributed by atoms with Crippen molar-refractivity contribution in [3.8, 4) is 0 Å². The van der Waals surface area contributed by atoms with Crippen LogP contribution in [0.4, 0.5) is 11.5 Å². The van der Waals surface area contributed by atoms with E-state index in [-0.39, 0.29) is 22.6 Å². The Kier molecular flexibility index (Phi) is 4.44. The fraction of sp³-hybridized carbons (Fsp3) is 0.154. The van der Waals surface area contributed by atoms with Gasteiger partial charge in [0.15, 0.2) is 5.82 Å². The molecule has 0 fully saturated rings. The molecule has 0 bridgehead atoms. The van der Waals surface area contributed by atoms with Crippen LogP contribution in [0.15, 0.2) is 36.7 Å². The molecule has 1 heterocycles. The van der Waals surface area contributed by atoms with E-state index in [0.29, 0.717) is 5.56 Å². The minimum absolute atomic E-state index is 0.0605. The van der Waals surface area contributed by atoms with Gasteiger partial charge in [-0.25, -0.2) is 4.98 Å². The molecule has 0 aliphatic carbocycles. The maximum atomic E-state index is 12.1. The molecule has 1 N–H and O–H groups in total. The molecule has 1 unspecified atom stereocenters. The zero-order chi connectivity index (χ0) is 15.4. The van der Waals surface area contributed by atoms with Crippen LogP contribution in [0.1, 0.15) is 18.4 Å². The van der Waals surface area contributed by atoms with Gasteiger partial charge in [-0.2, -0.15) is 0 Å². The number of nitro benzene ring substituents is 1. The molecule has 0 saturated heterocycles. The van der Waals surface area contributed by atoms with Gasteiger partial charge in [-0.05, 0) is 12.5 Å². The second-order valence-corrected chi connectivity index (χ2v) is 4.68. The van der Waals surface area contributed by atoms with Crippen LogP contribution < -0.4 is 5.32 Å². The Morgan fingerprint density at radius 2 is 2.19 bits per heavy atom. The number of hydrogen-bond donors (Lipinski definition) is 1. The molecule has 2 aromatic rings. The quantitative estimate of drug-likeness (QED) is 0.691. The molecule has 7 nitrogen and oxygen atoms in total. The van der Waals surface area contributed by atoms with Crippen LogP contribution in [-0.4, -0.2) is 20.8 Å². The number of carbonyl (C=O) groups excluding carboxylic acids is 1. The van der Waals surface area contributed by atoms with Crippen LogP contribution in [0.2, 0.25) is 5.15 Å². The Hall–Kier alpha value is -2.54. The molecule has 1 aromatic carbocycles. The highest BCUT2D eigenvalue weighted by atomic mass is 35.5.